The Bertz CT molecular complexity index is 1150. The number of benzene rings is 2. The zero-order valence-corrected chi connectivity index (χ0v) is 17.3. The van der Waals surface area contributed by atoms with Gasteiger partial charge < -0.3 is 29.5 Å². The highest BCUT2D eigenvalue weighted by molar-refractivity contribution is 6.38. The topological polar surface area (TPSA) is 114 Å². The van der Waals surface area contributed by atoms with E-state index in [1.54, 1.807) is 24.3 Å². The van der Waals surface area contributed by atoms with Gasteiger partial charge in [-0.05, 0) is 35.0 Å². The molecule has 1 aromatic heterocycles. The molecule has 3 N–H and O–H groups in total. The Balaban J connectivity index is 1.71. The highest BCUT2D eigenvalue weighted by atomic mass is 35.5. The van der Waals surface area contributed by atoms with Gasteiger partial charge in [-0.2, -0.15) is 0 Å². The lowest BCUT2D eigenvalue weighted by molar-refractivity contribution is -0.110. The average molecular weight is 443 g/mol. The Labute approximate surface area is 182 Å². The highest BCUT2D eigenvalue weighted by Gasteiger charge is 2.31. The molecule has 9 heteroatoms. The summed E-state index contributed by atoms with van der Waals surface area (Å²) in [5, 5.41) is 26.3. The maximum Gasteiger partial charge on any atom is 0.260 e. The smallest absolute Gasteiger partial charge is 0.260 e. The van der Waals surface area contributed by atoms with E-state index in [-0.39, 0.29) is 29.6 Å². The lowest BCUT2D eigenvalue weighted by Gasteiger charge is -2.10. The Kier molecular flexibility index (Phi) is 5.83. The highest BCUT2D eigenvalue weighted by Crippen LogP contribution is 2.42. The van der Waals surface area contributed by atoms with Crippen LogP contribution in [0.25, 0.3) is 22.5 Å². The van der Waals surface area contributed by atoms with E-state index in [1.165, 1.54) is 13.2 Å². The van der Waals surface area contributed by atoms with Gasteiger partial charge in [0.05, 0.1) is 36.1 Å². The van der Waals surface area contributed by atoms with Crippen molar-refractivity contribution in [2.75, 3.05) is 25.6 Å². The Morgan fingerprint density at radius 3 is 2.65 bits per heavy atom. The second kappa shape index (κ2) is 8.71. The number of anilines is 1. The summed E-state index contributed by atoms with van der Waals surface area (Å²) in [7, 11) is 1.42. The minimum atomic E-state index is -0.483. The van der Waals surface area contributed by atoms with Crippen LogP contribution in [0.2, 0.25) is 5.02 Å². The van der Waals surface area contributed by atoms with E-state index in [4.69, 9.17) is 30.7 Å². The third kappa shape index (κ3) is 4.08. The molecule has 160 valence electrons. The van der Waals surface area contributed by atoms with Crippen LogP contribution in [0.3, 0.4) is 0 Å². The van der Waals surface area contributed by atoms with E-state index in [0.29, 0.717) is 40.6 Å². The average Bonchev–Trinajstić information content (AvgIpc) is 3.37. The first kappa shape index (κ1) is 20.8. The van der Waals surface area contributed by atoms with Gasteiger partial charge in [-0.1, -0.05) is 23.7 Å². The molecule has 0 aliphatic carbocycles. The second-order valence-electron chi connectivity index (χ2n) is 6.74. The lowest BCUT2D eigenvalue weighted by atomic mass is 9.98. The normalized spacial score (nSPS) is 14.2. The van der Waals surface area contributed by atoms with Crippen LogP contribution in [-0.4, -0.2) is 41.6 Å². The third-order valence-corrected chi connectivity index (χ3v) is 5.07. The second-order valence-corrected chi connectivity index (χ2v) is 7.15. The van der Waals surface area contributed by atoms with Crippen molar-refractivity contribution in [3.8, 4) is 22.8 Å². The number of hydrogen-bond acceptors (Lipinski definition) is 7. The first-order valence-corrected chi connectivity index (χ1v) is 9.83. The molecule has 0 spiro atoms. The summed E-state index contributed by atoms with van der Waals surface area (Å²) in [5.74, 6) is 0.0232. The Morgan fingerprint density at radius 2 is 1.97 bits per heavy atom. The fourth-order valence-corrected chi connectivity index (χ4v) is 3.50. The first-order valence-electron chi connectivity index (χ1n) is 9.45. The first-order chi connectivity index (χ1) is 15.0. The molecule has 8 nitrogen and oxygen atoms in total. The van der Waals surface area contributed by atoms with Crippen molar-refractivity contribution in [2.24, 2.45) is 0 Å². The molecule has 3 aromatic rings. The van der Waals surface area contributed by atoms with E-state index < -0.39 is 5.91 Å². The predicted octanol–water partition coefficient (Wildman–Crippen LogP) is 4.14. The number of nitrogens with one attached hydrogen (secondary N) is 1. The molecule has 2 aromatic carbocycles. The van der Waals surface area contributed by atoms with Crippen molar-refractivity contribution in [2.45, 2.75) is 6.42 Å². The molecule has 31 heavy (non-hydrogen) atoms. The number of amides is 1. The molecular formula is C22H19ClN2O6. The van der Waals surface area contributed by atoms with Crippen LogP contribution in [0.15, 0.2) is 47.0 Å². The van der Waals surface area contributed by atoms with Crippen LogP contribution in [0.4, 0.5) is 5.69 Å². The van der Waals surface area contributed by atoms with E-state index in [9.17, 15) is 9.90 Å². The summed E-state index contributed by atoms with van der Waals surface area (Å²) in [5.41, 5.74) is 2.51. The molecule has 0 unspecified atom stereocenters. The molecule has 0 radical (unpaired) electrons. The number of carbonyl (C=O) groups excluding carboxylic acids is 1. The number of hydrogen-bond donors (Lipinski definition) is 3. The fourth-order valence-electron chi connectivity index (χ4n) is 3.22. The number of rotatable bonds is 7. The minimum Gasteiger partial charge on any atom is -0.504 e. The summed E-state index contributed by atoms with van der Waals surface area (Å²) in [6.07, 6.45) is 0.551. The molecule has 2 heterocycles. The maximum atomic E-state index is 12.6. The van der Waals surface area contributed by atoms with Crippen LogP contribution in [-0.2, 0) is 4.79 Å². The minimum absolute atomic E-state index is 0.00994. The summed E-state index contributed by atoms with van der Waals surface area (Å²) < 4.78 is 15.6. The molecule has 1 aliphatic heterocycles. The number of carbonyl (C=O) groups is 1. The van der Waals surface area contributed by atoms with Crippen molar-refractivity contribution in [1.82, 2.24) is 5.16 Å². The van der Waals surface area contributed by atoms with Gasteiger partial charge in [0.1, 0.15) is 5.75 Å². The summed E-state index contributed by atoms with van der Waals surface area (Å²) in [6, 6.07) is 12.0. The molecule has 0 atom stereocenters. The molecular weight excluding hydrogens is 424 g/mol. The number of halogens is 1. The van der Waals surface area contributed by atoms with E-state index in [2.05, 4.69) is 10.5 Å². The van der Waals surface area contributed by atoms with E-state index in [0.717, 1.165) is 5.56 Å². The van der Waals surface area contributed by atoms with Crippen LogP contribution in [0, 0.1) is 0 Å². The number of ether oxygens (including phenoxy) is 2. The Morgan fingerprint density at radius 1 is 1.19 bits per heavy atom. The van der Waals surface area contributed by atoms with Gasteiger partial charge in [0.2, 0.25) is 5.76 Å². The number of aromatic nitrogens is 1. The Hall–Kier alpha value is -3.49. The van der Waals surface area contributed by atoms with E-state index >= 15 is 0 Å². The predicted molar refractivity (Wildman–Crippen MR) is 115 cm³/mol. The largest absolute Gasteiger partial charge is 0.504 e. The lowest BCUT2D eigenvalue weighted by Crippen LogP contribution is -2.05. The number of aliphatic hydroxyl groups is 2. The molecule has 0 saturated heterocycles. The summed E-state index contributed by atoms with van der Waals surface area (Å²) >= 11 is 6.46. The number of aliphatic hydroxyl groups excluding tert-OH is 2. The van der Waals surface area contributed by atoms with Gasteiger partial charge in [-0.15, -0.1) is 0 Å². The molecule has 0 saturated carbocycles. The zero-order chi connectivity index (χ0) is 22.0. The fraction of sp³-hybridized carbons (Fsp3) is 0.182. The number of fused-ring (bicyclic) bond motifs is 1. The monoisotopic (exact) mass is 442 g/mol. The zero-order valence-electron chi connectivity index (χ0n) is 16.5. The molecule has 0 bridgehead atoms. The molecule has 4 rings (SSSR count). The molecule has 0 fully saturated rings. The van der Waals surface area contributed by atoms with Crippen LogP contribution >= 0.6 is 11.6 Å². The van der Waals surface area contributed by atoms with Crippen LogP contribution < -0.4 is 14.8 Å². The van der Waals surface area contributed by atoms with E-state index in [1.807, 2.05) is 12.1 Å². The van der Waals surface area contributed by atoms with Gasteiger partial charge in [0.15, 0.2) is 5.76 Å². The van der Waals surface area contributed by atoms with Crippen molar-refractivity contribution < 1.29 is 29.0 Å². The van der Waals surface area contributed by atoms with Crippen molar-refractivity contribution >= 4 is 34.5 Å². The van der Waals surface area contributed by atoms with Crippen molar-refractivity contribution in [3.05, 3.63) is 58.8 Å². The molecule has 1 aliphatic rings. The van der Waals surface area contributed by atoms with Crippen LogP contribution in [0.1, 0.15) is 17.7 Å². The number of methoxy groups -OCH3 is 1. The standard InChI is InChI=1S/C22H19ClN2O6/c1-29-19-11-18(31-25-19)21(27)20-15-9-14(16(23)10-17(15)24-22(20)28)12-3-5-13(6-4-12)30-8-2-7-26/h3-6,9-11,26-27H,2,7-8H2,1H3,(H,24,28)/b21-20+. The SMILES string of the molecule is COc1cc(/C(O)=C2\C(=O)Nc3cc(Cl)c(-c4ccc(OCCCO)cc4)cc32)on1. The van der Waals surface area contributed by atoms with Crippen molar-refractivity contribution in [3.63, 3.8) is 0 Å². The van der Waals surface area contributed by atoms with Gasteiger partial charge in [-0.25, -0.2) is 0 Å². The van der Waals surface area contributed by atoms with Gasteiger partial charge in [0, 0.05) is 24.2 Å². The molecule has 1 amide bonds. The maximum absolute atomic E-state index is 12.6. The summed E-state index contributed by atoms with van der Waals surface area (Å²) in [4.78, 5) is 12.6. The van der Waals surface area contributed by atoms with Crippen molar-refractivity contribution in [1.29, 1.82) is 0 Å². The van der Waals surface area contributed by atoms with Gasteiger partial charge in [0.25, 0.3) is 11.8 Å². The summed E-state index contributed by atoms with van der Waals surface area (Å²) in [6.45, 7) is 0.488. The number of nitrogens with zero attached hydrogens (tertiary/aromatic N) is 1. The van der Waals surface area contributed by atoms with Gasteiger partial charge >= 0.3 is 0 Å². The van der Waals surface area contributed by atoms with Gasteiger partial charge in [-0.3, -0.25) is 4.79 Å². The quantitative estimate of drug-likeness (QED) is 0.286. The third-order valence-electron chi connectivity index (χ3n) is 4.76. The van der Waals surface area contributed by atoms with Crippen LogP contribution in [0.5, 0.6) is 11.6 Å².